The van der Waals surface area contributed by atoms with Crippen molar-refractivity contribution in [1.82, 2.24) is 0 Å². The van der Waals surface area contributed by atoms with E-state index in [4.69, 9.17) is 10.5 Å². The second-order valence-corrected chi connectivity index (χ2v) is 5.10. The molecule has 21 heavy (non-hydrogen) atoms. The van der Waals surface area contributed by atoms with Crippen molar-refractivity contribution >= 4 is 0 Å². The summed E-state index contributed by atoms with van der Waals surface area (Å²) in [5.74, 6) is -0.0378. The maximum atomic E-state index is 13.3. The molecule has 0 radical (unpaired) electrons. The van der Waals surface area contributed by atoms with Gasteiger partial charge in [-0.1, -0.05) is 24.3 Å². The summed E-state index contributed by atoms with van der Waals surface area (Å²) >= 11 is 0. The summed E-state index contributed by atoms with van der Waals surface area (Å²) in [6.07, 6.45) is -2.52. The quantitative estimate of drug-likeness (QED) is 0.896. The van der Waals surface area contributed by atoms with Gasteiger partial charge in [-0.15, -0.1) is 0 Å². The van der Waals surface area contributed by atoms with Crippen LogP contribution in [0.1, 0.15) is 41.7 Å². The molecule has 2 aromatic carbocycles. The Morgan fingerprint density at radius 3 is 2.71 bits per heavy atom. The van der Waals surface area contributed by atoms with Crippen molar-refractivity contribution in [2.45, 2.75) is 25.0 Å². The van der Waals surface area contributed by atoms with E-state index in [0.29, 0.717) is 17.7 Å². The number of alkyl halides is 2. The Balaban J connectivity index is 1.93. The molecule has 0 saturated carbocycles. The Morgan fingerprint density at radius 1 is 1.14 bits per heavy atom. The lowest BCUT2D eigenvalue weighted by molar-refractivity contribution is 0.148. The predicted molar refractivity (Wildman–Crippen MR) is 72.7 cm³/mol. The average molecular weight is 293 g/mol. The van der Waals surface area contributed by atoms with Crippen molar-refractivity contribution in [2.75, 3.05) is 0 Å². The van der Waals surface area contributed by atoms with Crippen LogP contribution in [0.25, 0.3) is 0 Å². The van der Waals surface area contributed by atoms with Gasteiger partial charge in [0.15, 0.2) is 0 Å². The highest BCUT2D eigenvalue weighted by atomic mass is 19.3. The van der Waals surface area contributed by atoms with Gasteiger partial charge < -0.3 is 10.5 Å². The van der Waals surface area contributed by atoms with Crippen molar-refractivity contribution in [3.63, 3.8) is 0 Å². The minimum absolute atomic E-state index is 0.0605. The van der Waals surface area contributed by atoms with Crippen LogP contribution in [0.2, 0.25) is 0 Å². The number of fused-ring (bicyclic) bond motifs is 1. The molecule has 2 nitrogen and oxygen atoms in total. The van der Waals surface area contributed by atoms with E-state index in [2.05, 4.69) is 0 Å². The molecule has 2 unspecified atom stereocenters. The first-order valence-corrected chi connectivity index (χ1v) is 6.64. The molecule has 0 amide bonds. The zero-order chi connectivity index (χ0) is 15.0. The molecule has 110 valence electrons. The second-order valence-electron chi connectivity index (χ2n) is 5.10. The molecule has 3 rings (SSSR count). The van der Waals surface area contributed by atoms with E-state index < -0.39 is 18.3 Å². The molecule has 0 fully saturated rings. The fourth-order valence-corrected chi connectivity index (χ4v) is 2.57. The third kappa shape index (κ3) is 2.74. The molecule has 0 aliphatic carbocycles. The van der Waals surface area contributed by atoms with Crippen LogP contribution < -0.4 is 10.5 Å². The molecule has 1 aliphatic rings. The first-order chi connectivity index (χ1) is 10.0. The van der Waals surface area contributed by atoms with E-state index in [1.807, 2.05) is 0 Å². The van der Waals surface area contributed by atoms with Gasteiger partial charge in [0.05, 0.1) is 0 Å². The van der Waals surface area contributed by atoms with Gasteiger partial charge in [0.1, 0.15) is 17.7 Å². The smallest absolute Gasteiger partial charge is 0.263 e. The van der Waals surface area contributed by atoms with Crippen LogP contribution in [0.3, 0.4) is 0 Å². The SMILES string of the molecule is NC1CC(c2cccc(C(F)F)c2)Oc2cc(F)ccc21. The summed E-state index contributed by atoms with van der Waals surface area (Å²) in [6.45, 7) is 0. The zero-order valence-electron chi connectivity index (χ0n) is 11.1. The van der Waals surface area contributed by atoms with Crippen LogP contribution in [-0.4, -0.2) is 0 Å². The van der Waals surface area contributed by atoms with E-state index in [0.717, 1.165) is 5.56 Å². The number of hydrogen-bond acceptors (Lipinski definition) is 2. The van der Waals surface area contributed by atoms with Gasteiger partial charge >= 0.3 is 0 Å². The minimum atomic E-state index is -2.54. The molecule has 2 aromatic rings. The monoisotopic (exact) mass is 293 g/mol. The standard InChI is InChI=1S/C16H14F3NO/c17-11-4-5-12-13(20)8-14(21-15(12)7-11)9-2-1-3-10(6-9)16(18)19/h1-7,13-14,16H,8,20H2. The highest BCUT2D eigenvalue weighted by Gasteiger charge is 2.27. The van der Waals surface area contributed by atoms with Crippen LogP contribution in [0.5, 0.6) is 5.75 Å². The summed E-state index contributed by atoms with van der Waals surface area (Å²) in [7, 11) is 0. The van der Waals surface area contributed by atoms with Crippen LogP contribution in [0.4, 0.5) is 13.2 Å². The Labute approximate surface area is 120 Å². The number of hydrogen-bond donors (Lipinski definition) is 1. The maximum absolute atomic E-state index is 13.3. The lowest BCUT2D eigenvalue weighted by Crippen LogP contribution is -2.24. The summed E-state index contributed by atoms with van der Waals surface area (Å²) in [5.41, 5.74) is 7.37. The Morgan fingerprint density at radius 2 is 1.95 bits per heavy atom. The van der Waals surface area contributed by atoms with Gasteiger partial charge in [-0.2, -0.15) is 0 Å². The molecule has 0 spiro atoms. The van der Waals surface area contributed by atoms with Crippen molar-refractivity contribution in [2.24, 2.45) is 5.73 Å². The number of benzene rings is 2. The van der Waals surface area contributed by atoms with Crippen molar-refractivity contribution in [1.29, 1.82) is 0 Å². The first-order valence-electron chi connectivity index (χ1n) is 6.64. The lowest BCUT2D eigenvalue weighted by atomic mass is 9.93. The Hall–Kier alpha value is -2.01. The fraction of sp³-hybridized carbons (Fsp3) is 0.250. The largest absolute Gasteiger partial charge is 0.485 e. The van der Waals surface area contributed by atoms with E-state index in [1.54, 1.807) is 18.2 Å². The molecule has 1 aliphatic heterocycles. The second kappa shape index (κ2) is 5.41. The first kappa shape index (κ1) is 13.9. The maximum Gasteiger partial charge on any atom is 0.263 e. The lowest BCUT2D eigenvalue weighted by Gasteiger charge is -2.30. The highest BCUT2D eigenvalue weighted by molar-refractivity contribution is 5.40. The molecular formula is C16H14F3NO. The van der Waals surface area contributed by atoms with Crippen LogP contribution in [0.15, 0.2) is 42.5 Å². The zero-order valence-corrected chi connectivity index (χ0v) is 11.1. The van der Waals surface area contributed by atoms with Crippen molar-refractivity contribution < 1.29 is 17.9 Å². The van der Waals surface area contributed by atoms with E-state index in [1.165, 1.54) is 24.3 Å². The van der Waals surface area contributed by atoms with Crippen LogP contribution in [-0.2, 0) is 0 Å². The number of ether oxygens (including phenoxy) is 1. The fourth-order valence-electron chi connectivity index (χ4n) is 2.57. The molecule has 0 bridgehead atoms. The van der Waals surface area contributed by atoms with E-state index in [9.17, 15) is 13.2 Å². The Bertz CT molecular complexity index is 660. The normalized spacial score (nSPS) is 21.0. The van der Waals surface area contributed by atoms with Gasteiger partial charge in [0.25, 0.3) is 6.43 Å². The van der Waals surface area contributed by atoms with E-state index in [-0.39, 0.29) is 11.6 Å². The Kier molecular flexibility index (Phi) is 3.59. The van der Waals surface area contributed by atoms with Crippen LogP contribution >= 0.6 is 0 Å². The molecule has 5 heteroatoms. The van der Waals surface area contributed by atoms with Gasteiger partial charge in [-0.05, 0) is 17.7 Å². The molecule has 0 saturated heterocycles. The third-order valence-electron chi connectivity index (χ3n) is 3.65. The third-order valence-corrected chi connectivity index (χ3v) is 3.65. The molecular weight excluding hydrogens is 279 g/mol. The number of rotatable bonds is 2. The summed E-state index contributed by atoms with van der Waals surface area (Å²) < 4.78 is 44.6. The van der Waals surface area contributed by atoms with Crippen molar-refractivity contribution in [3.05, 3.63) is 65.0 Å². The molecule has 2 atom stereocenters. The van der Waals surface area contributed by atoms with Gasteiger partial charge in [-0.3, -0.25) is 0 Å². The summed E-state index contributed by atoms with van der Waals surface area (Å²) in [5, 5.41) is 0. The molecule has 2 N–H and O–H groups in total. The number of halogens is 3. The topological polar surface area (TPSA) is 35.2 Å². The number of nitrogens with two attached hydrogens (primary N) is 1. The predicted octanol–water partition coefficient (Wildman–Crippen LogP) is 4.29. The summed E-state index contributed by atoms with van der Waals surface area (Å²) in [6, 6.07) is 9.95. The van der Waals surface area contributed by atoms with E-state index >= 15 is 0 Å². The minimum Gasteiger partial charge on any atom is -0.485 e. The van der Waals surface area contributed by atoms with Crippen LogP contribution in [0, 0.1) is 5.82 Å². The molecule has 1 heterocycles. The highest BCUT2D eigenvalue weighted by Crippen LogP contribution is 2.40. The summed E-state index contributed by atoms with van der Waals surface area (Å²) in [4.78, 5) is 0. The average Bonchev–Trinajstić information content (AvgIpc) is 2.46. The molecule has 0 aromatic heterocycles. The van der Waals surface area contributed by atoms with Crippen molar-refractivity contribution in [3.8, 4) is 5.75 Å². The van der Waals surface area contributed by atoms with Gasteiger partial charge in [0.2, 0.25) is 0 Å². The van der Waals surface area contributed by atoms with Gasteiger partial charge in [0, 0.05) is 29.7 Å². The van der Waals surface area contributed by atoms with Gasteiger partial charge in [-0.25, -0.2) is 13.2 Å².